The smallest absolute Gasteiger partial charge is 0.227 e. The van der Waals surface area contributed by atoms with E-state index in [1.807, 2.05) is 47.5 Å². The van der Waals surface area contributed by atoms with Gasteiger partial charge >= 0.3 is 0 Å². The Kier molecular flexibility index (Phi) is 7.43. The summed E-state index contributed by atoms with van der Waals surface area (Å²) in [5.41, 5.74) is 7.84. The van der Waals surface area contributed by atoms with Crippen LogP contribution in [0, 0.1) is 0 Å². The fourth-order valence-corrected chi connectivity index (χ4v) is 2.64. The number of halogens is 1. The molecule has 2 aromatic rings. The van der Waals surface area contributed by atoms with Crippen molar-refractivity contribution in [1.29, 1.82) is 0 Å². The van der Waals surface area contributed by atoms with Gasteiger partial charge in [-0.25, -0.2) is 0 Å². The van der Waals surface area contributed by atoms with Crippen molar-refractivity contribution < 1.29 is 4.79 Å². The second-order valence-electron chi connectivity index (χ2n) is 4.96. The van der Waals surface area contributed by atoms with Gasteiger partial charge in [-0.05, 0) is 47.9 Å². The van der Waals surface area contributed by atoms with E-state index in [9.17, 15) is 4.79 Å². The predicted octanol–water partition coefficient (Wildman–Crippen LogP) is 3.83. The number of carbonyl (C=O) groups is 1. The molecule has 3 nitrogen and oxygen atoms in total. The number of anilines is 1. The summed E-state index contributed by atoms with van der Waals surface area (Å²) in [6, 6.07) is 11.9. The Balaban J connectivity index is 0.00000220. The summed E-state index contributed by atoms with van der Waals surface area (Å²) in [6.45, 7) is 2.55. The molecule has 0 radical (unpaired) electrons. The lowest BCUT2D eigenvalue weighted by atomic mass is 10.1. The number of para-hydroxylation sites is 1. The molecule has 0 aliphatic rings. The van der Waals surface area contributed by atoms with Gasteiger partial charge in [0.2, 0.25) is 5.91 Å². The van der Waals surface area contributed by atoms with Crippen LogP contribution in [0.5, 0.6) is 0 Å². The third-order valence-electron chi connectivity index (χ3n) is 3.10. The zero-order valence-corrected chi connectivity index (χ0v) is 13.7. The molecular weight excluding hydrogens is 304 g/mol. The van der Waals surface area contributed by atoms with Crippen LogP contribution in [0.15, 0.2) is 47.2 Å². The molecule has 0 saturated carbocycles. The second kappa shape index (κ2) is 8.82. The van der Waals surface area contributed by atoms with Gasteiger partial charge in [-0.15, -0.1) is 12.4 Å². The normalized spacial score (nSPS) is 11.5. The Morgan fingerprint density at radius 3 is 2.57 bits per heavy atom. The summed E-state index contributed by atoms with van der Waals surface area (Å²) >= 11 is 1.65. The third kappa shape index (κ3) is 5.50. The maximum absolute atomic E-state index is 12.4. The Hall–Kier alpha value is -1.36. The molecular formula is C16H21ClN2OS. The van der Waals surface area contributed by atoms with E-state index in [2.05, 4.69) is 11.4 Å². The van der Waals surface area contributed by atoms with Crippen LogP contribution >= 0.6 is 23.7 Å². The molecule has 0 aliphatic carbocycles. The summed E-state index contributed by atoms with van der Waals surface area (Å²) in [6.07, 6.45) is 1.20. The van der Waals surface area contributed by atoms with Gasteiger partial charge in [0.1, 0.15) is 0 Å². The van der Waals surface area contributed by atoms with Crippen molar-refractivity contribution in [3.8, 4) is 0 Å². The third-order valence-corrected chi connectivity index (χ3v) is 3.84. The molecule has 0 aliphatic heterocycles. The van der Waals surface area contributed by atoms with Crippen molar-refractivity contribution in [2.24, 2.45) is 5.73 Å². The molecule has 0 bridgehead atoms. The summed E-state index contributed by atoms with van der Waals surface area (Å²) in [7, 11) is 0. The monoisotopic (exact) mass is 324 g/mol. The van der Waals surface area contributed by atoms with E-state index in [-0.39, 0.29) is 24.4 Å². The van der Waals surface area contributed by atoms with Crippen molar-refractivity contribution in [2.75, 3.05) is 4.90 Å². The summed E-state index contributed by atoms with van der Waals surface area (Å²) in [4.78, 5) is 14.3. The van der Waals surface area contributed by atoms with E-state index in [4.69, 9.17) is 5.73 Å². The van der Waals surface area contributed by atoms with Gasteiger partial charge in [0, 0.05) is 18.2 Å². The van der Waals surface area contributed by atoms with Gasteiger partial charge in [-0.3, -0.25) is 4.79 Å². The van der Waals surface area contributed by atoms with Gasteiger partial charge in [0.15, 0.2) is 0 Å². The standard InChI is InChI=1S/C16H20N2OS.ClH/c1-13(17)7-8-16(19)18(11-14-9-10-20-12-14)15-5-3-2-4-6-15;/h2-6,9-10,12-13H,7-8,11,17H2,1H3;1H. The Labute approximate surface area is 136 Å². The summed E-state index contributed by atoms with van der Waals surface area (Å²) in [5.74, 6) is 0.125. The topological polar surface area (TPSA) is 46.3 Å². The lowest BCUT2D eigenvalue weighted by molar-refractivity contribution is -0.118. The maximum Gasteiger partial charge on any atom is 0.227 e. The highest BCUT2D eigenvalue weighted by Gasteiger charge is 2.16. The SMILES string of the molecule is CC(N)CCC(=O)N(Cc1ccsc1)c1ccccc1.Cl. The fraction of sp³-hybridized carbons (Fsp3) is 0.312. The number of nitrogens with zero attached hydrogens (tertiary/aromatic N) is 1. The average Bonchev–Trinajstić information content (AvgIpc) is 2.96. The molecule has 21 heavy (non-hydrogen) atoms. The van der Waals surface area contributed by atoms with Crippen LogP contribution in [0.1, 0.15) is 25.3 Å². The molecule has 1 aromatic carbocycles. The minimum Gasteiger partial charge on any atom is -0.328 e. The van der Waals surface area contributed by atoms with Gasteiger partial charge < -0.3 is 10.6 Å². The van der Waals surface area contributed by atoms with Crippen LogP contribution in [0.2, 0.25) is 0 Å². The van der Waals surface area contributed by atoms with E-state index in [0.29, 0.717) is 19.4 Å². The van der Waals surface area contributed by atoms with Crippen LogP contribution in [0.3, 0.4) is 0 Å². The van der Waals surface area contributed by atoms with E-state index < -0.39 is 0 Å². The molecule has 1 amide bonds. The van der Waals surface area contributed by atoms with E-state index in [1.165, 1.54) is 0 Å². The zero-order chi connectivity index (χ0) is 14.4. The maximum atomic E-state index is 12.4. The first-order valence-corrected chi connectivity index (χ1v) is 7.73. The number of thiophene rings is 1. The average molecular weight is 325 g/mol. The molecule has 2 N–H and O–H groups in total. The minimum absolute atomic E-state index is 0. The number of benzene rings is 1. The number of rotatable bonds is 6. The van der Waals surface area contributed by atoms with Crippen molar-refractivity contribution in [1.82, 2.24) is 0 Å². The second-order valence-corrected chi connectivity index (χ2v) is 5.74. The van der Waals surface area contributed by atoms with Gasteiger partial charge in [-0.1, -0.05) is 18.2 Å². The molecule has 1 atom stereocenters. The predicted molar refractivity (Wildman–Crippen MR) is 92.1 cm³/mol. The first kappa shape index (κ1) is 17.7. The van der Waals surface area contributed by atoms with E-state index in [1.54, 1.807) is 11.3 Å². The first-order chi connectivity index (χ1) is 9.66. The molecule has 114 valence electrons. The van der Waals surface area contributed by atoms with Crippen LogP contribution in [-0.4, -0.2) is 11.9 Å². The van der Waals surface area contributed by atoms with Crippen LogP contribution in [0.4, 0.5) is 5.69 Å². The highest BCUT2D eigenvalue weighted by molar-refractivity contribution is 7.07. The molecule has 5 heteroatoms. The molecule has 0 fully saturated rings. The Morgan fingerprint density at radius 2 is 2.00 bits per heavy atom. The molecule has 0 spiro atoms. The van der Waals surface area contributed by atoms with E-state index in [0.717, 1.165) is 11.3 Å². The van der Waals surface area contributed by atoms with Gasteiger partial charge in [-0.2, -0.15) is 11.3 Å². The van der Waals surface area contributed by atoms with Gasteiger partial charge in [0.25, 0.3) is 0 Å². The Morgan fingerprint density at radius 1 is 1.29 bits per heavy atom. The van der Waals surface area contributed by atoms with Crippen molar-refractivity contribution in [3.05, 3.63) is 52.7 Å². The lowest BCUT2D eigenvalue weighted by Crippen LogP contribution is -2.31. The number of hydrogen-bond donors (Lipinski definition) is 1. The largest absolute Gasteiger partial charge is 0.328 e. The molecule has 0 saturated heterocycles. The first-order valence-electron chi connectivity index (χ1n) is 6.79. The molecule has 1 heterocycles. The number of hydrogen-bond acceptors (Lipinski definition) is 3. The van der Waals surface area contributed by atoms with E-state index >= 15 is 0 Å². The van der Waals surface area contributed by atoms with Crippen LogP contribution in [-0.2, 0) is 11.3 Å². The number of nitrogens with two attached hydrogens (primary N) is 1. The summed E-state index contributed by atoms with van der Waals surface area (Å²) in [5, 5.41) is 4.11. The summed E-state index contributed by atoms with van der Waals surface area (Å²) < 4.78 is 0. The van der Waals surface area contributed by atoms with Gasteiger partial charge in [0.05, 0.1) is 6.54 Å². The molecule has 1 unspecified atom stereocenters. The zero-order valence-electron chi connectivity index (χ0n) is 12.1. The highest BCUT2D eigenvalue weighted by atomic mass is 35.5. The minimum atomic E-state index is 0. The number of amides is 1. The van der Waals surface area contributed by atoms with Crippen LogP contribution < -0.4 is 10.6 Å². The van der Waals surface area contributed by atoms with Crippen LogP contribution in [0.25, 0.3) is 0 Å². The Bertz CT molecular complexity index is 528. The lowest BCUT2D eigenvalue weighted by Gasteiger charge is -2.23. The quantitative estimate of drug-likeness (QED) is 0.877. The van der Waals surface area contributed by atoms with Crippen molar-refractivity contribution in [3.63, 3.8) is 0 Å². The number of carbonyl (C=O) groups excluding carboxylic acids is 1. The van der Waals surface area contributed by atoms with Crippen molar-refractivity contribution >= 4 is 35.3 Å². The van der Waals surface area contributed by atoms with Crippen molar-refractivity contribution in [2.45, 2.75) is 32.4 Å². The molecule has 2 rings (SSSR count). The fourth-order valence-electron chi connectivity index (χ4n) is 1.98. The molecule has 1 aromatic heterocycles. The highest BCUT2D eigenvalue weighted by Crippen LogP contribution is 2.19.